The monoisotopic (exact) mass is 264 g/mol. The first-order valence-electron chi connectivity index (χ1n) is 5.65. The number of hydrogen-bond acceptors (Lipinski definition) is 3. The standard InChI is InChI=1S/C13H13FN2O3/c1-19-13-10(6-12(17)18)7-15-16(13)8-9-2-4-11(14)5-3-9/h2-5,7H,6,8H2,1H3,(H,17,18). The summed E-state index contributed by atoms with van der Waals surface area (Å²) < 4.78 is 19.5. The fourth-order valence-electron chi connectivity index (χ4n) is 1.81. The second-order valence-electron chi connectivity index (χ2n) is 4.03. The first-order chi connectivity index (χ1) is 9.10. The summed E-state index contributed by atoms with van der Waals surface area (Å²) in [6.45, 7) is 0.392. The van der Waals surface area contributed by atoms with Crippen LogP contribution in [0, 0.1) is 5.82 Å². The summed E-state index contributed by atoms with van der Waals surface area (Å²) >= 11 is 0. The molecule has 0 amide bonds. The van der Waals surface area contributed by atoms with Crippen LogP contribution in [0.4, 0.5) is 4.39 Å². The number of rotatable bonds is 5. The lowest BCUT2D eigenvalue weighted by Gasteiger charge is -2.07. The highest BCUT2D eigenvalue weighted by atomic mass is 19.1. The third-order valence-corrected chi connectivity index (χ3v) is 2.64. The zero-order chi connectivity index (χ0) is 13.8. The SMILES string of the molecule is COc1c(CC(=O)O)cnn1Cc1ccc(F)cc1. The van der Waals surface area contributed by atoms with Crippen molar-refractivity contribution in [1.82, 2.24) is 9.78 Å². The number of hydrogen-bond donors (Lipinski definition) is 1. The summed E-state index contributed by atoms with van der Waals surface area (Å²) in [5.74, 6) is -0.839. The molecule has 0 saturated heterocycles. The third kappa shape index (κ3) is 3.09. The molecule has 100 valence electrons. The van der Waals surface area contributed by atoms with E-state index in [1.807, 2.05) is 0 Å². The van der Waals surface area contributed by atoms with Gasteiger partial charge in [0.25, 0.3) is 0 Å². The fourth-order valence-corrected chi connectivity index (χ4v) is 1.81. The number of carbonyl (C=O) groups is 1. The molecule has 1 aromatic carbocycles. The van der Waals surface area contributed by atoms with Crippen LogP contribution in [0.3, 0.4) is 0 Å². The molecule has 6 heteroatoms. The van der Waals surface area contributed by atoms with Gasteiger partial charge in [-0.2, -0.15) is 5.10 Å². The maximum atomic E-state index is 12.8. The molecule has 1 N–H and O–H groups in total. The van der Waals surface area contributed by atoms with Crippen LogP contribution in [-0.4, -0.2) is 28.0 Å². The average molecular weight is 264 g/mol. The molecule has 0 saturated carbocycles. The van der Waals surface area contributed by atoms with Crippen molar-refractivity contribution in [3.63, 3.8) is 0 Å². The van der Waals surface area contributed by atoms with Gasteiger partial charge in [0.15, 0.2) is 0 Å². The van der Waals surface area contributed by atoms with E-state index < -0.39 is 5.97 Å². The van der Waals surface area contributed by atoms with Gasteiger partial charge in [0.2, 0.25) is 5.88 Å². The molecule has 0 bridgehead atoms. The highest BCUT2D eigenvalue weighted by molar-refractivity contribution is 5.70. The van der Waals surface area contributed by atoms with E-state index in [-0.39, 0.29) is 12.2 Å². The number of carboxylic acids is 1. The number of methoxy groups -OCH3 is 1. The summed E-state index contributed by atoms with van der Waals surface area (Å²) in [6, 6.07) is 6.02. The molecule has 0 spiro atoms. The van der Waals surface area contributed by atoms with E-state index in [0.717, 1.165) is 5.56 Å². The second kappa shape index (κ2) is 5.51. The predicted octanol–water partition coefficient (Wildman–Crippen LogP) is 1.71. The smallest absolute Gasteiger partial charge is 0.308 e. The van der Waals surface area contributed by atoms with Gasteiger partial charge >= 0.3 is 5.97 Å². The second-order valence-corrected chi connectivity index (χ2v) is 4.03. The predicted molar refractivity (Wildman–Crippen MR) is 65.6 cm³/mol. The van der Waals surface area contributed by atoms with Gasteiger partial charge in [0, 0.05) is 5.56 Å². The Balaban J connectivity index is 2.22. The van der Waals surface area contributed by atoms with Crippen molar-refractivity contribution in [2.45, 2.75) is 13.0 Å². The van der Waals surface area contributed by atoms with Crippen molar-refractivity contribution >= 4 is 5.97 Å². The molecule has 2 aromatic rings. The van der Waals surface area contributed by atoms with Crippen LogP contribution in [0.2, 0.25) is 0 Å². The summed E-state index contributed by atoms with van der Waals surface area (Å²) in [5.41, 5.74) is 1.36. The minimum absolute atomic E-state index is 0.146. The highest BCUT2D eigenvalue weighted by Gasteiger charge is 2.14. The van der Waals surface area contributed by atoms with E-state index in [0.29, 0.717) is 18.0 Å². The van der Waals surface area contributed by atoms with Gasteiger partial charge in [-0.3, -0.25) is 4.79 Å². The van der Waals surface area contributed by atoms with Gasteiger partial charge < -0.3 is 9.84 Å². The lowest BCUT2D eigenvalue weighted by molar-refractivity contribution is -0.136. The van der Waals surface area contributed by atoms with E-state index in [2.05, 4.69) is 5.10 Å². The van der Waals surface area contributed by atoms with E-state index in [1.165, 1.54) is 25.4 Å². The molecule has 0 aliphatic rings. The number of aromatic nitrogens is 2. The summed E-state index contributed by atoms with van der Waals surface area (Å²) in [5, 5.41) is 12.9. The van der Waals surface area contributed by atoms with E-state index >= 15 is 0 Å². The molecule has 0 atom stereocenters. The maximum Gasteiger partial charge on any atom is 0.308 e. The van der Waals surface area contributed by atoms with Crippen LogP contribution in [0.25, 0.3) is 0 Å². The topological polar surface area (TPSA) is 64.3 Å². The van der Waals surface area contributed by atoms with Gasteiger partial charge in [-0.1, -0.05) is 12.1 Å². The zero-order valence-corrected chi connectivity index (χ0v) is 10.3. The van der Waals surface area contributed by atoms with Gasteiger partial charge in [-0.15, -0.1) is 0 Å². The molecule has 1 aromatic heterocycles. The van der Waals surface area contributed by atoms with Gasteiger partial charge in [-0.25, -0.2) is 9.07 Å². The van der Waals surface area contributed by atoms with E-state index in [9.17, 15) is 9.18 Å². The van der Waals surface area contributed by atoms with E-state index in [4.69, 9.17) is 9.84 Å². The van der Waals surface area contributed by atoms with Crippen LogP contribution in [-0.2, 0) is 17.8 Å². The van der Waals surface area contributed by atoms with Gasteiger partial charge in [0.05, 0.1) is 26.3 Å². The van der Waals surface area contributed by atoms with Crippen LogP contribution in [0.5, 0.6) is 5.88 Å². The lowest BCUT2D eigenvalue weighted by Crippen LogP contribution is -2.06. The van der Waals surface area contributed by atoms with Crippen LogP contribution in [0.1, 0.15) is 11.1 Å². The molecule has 0 radical (unpaired) electrons. The highest BCUT2D eigenvalue weighted by Crippen LogP contribution is 2.20. The largest absolute Gasteiger partial charge is 0.481 e. The number of halogens is 1. The number of aliphatic carboxylic acids is 1. The Morgan fingerprint density at radius 3 is 2.68 bits per heavy atom. The summed E-state index contributed by atoms with van der Waals surface area (Å²) in [7, 11) is 1.46. The molecule has 0 aliphatic carbocycles. The van der Waals surface area contributed by atoms with Crippen molar-refractivity contribution in [3.8, 4) is 5.88 Å². The Hall–Kier alpha value is -2.37. The Labute approximate surface area is 109 Å². The Morgan fingerprint density at radius 1 is 1.42 bits per heavy atom. The molecule has 0 unspecified atom stereocenters. The molecule has 1 heterocycles. The molecule has 19 heavy (non-hydrogen) atoms. The molecular weight excluding hydrogens is 251 g/mol. The fraction of sp³-hybridized carbons (Fsp3) is 0.231. The van der Waals surface area contributed by atoms with Crippen molar-refractivity contribution in [2.75, 3.05) is 7.11 Å². The normalized spacial score (nSPS) is 10.4. The number of benzene rings is 1. The maximum absolute atomic E-state index is 12.8. The van der Waals surface area contributed by atoms with Crippen molar-refractivity contribution < 1.29 is 19.0 Å². The quantitative estimate of drug-likeness (QED) is 0.892. The lowest BCUT2D eigenvalue weighted by atomic mass is 10.2. The summed E-state index contributed by atoms with van der Waals surface area (Å²) in [4.78, 5) is 10.7. The average Bonchev–Trinajstić information content (AvgIpc) is 2.73. The molecule has 0 fully saturated rings. The number of ether oxygens (including phenoxy) is 1. The van der Waals surface area contributed by atoms with Crippen molar-refractivity contribution in [3.05, 3.63) is 47.4 Å². The van der Waals surface area contributed by atoms with Gasteiger partial charge in [-0.05, 0) is 17.7 Å². The summed E-state index contributed by atoms with van der Waals surface area (Å²) in [6.07, 6.45) is 1.32. The third-order valence-electron chi connectivity index (χ3n) is 2.64. The zero-order valence-electron chi connectivity index (χ0n) is 10.3. The van der Waals surface area contributed by atoms with Crippen LogP contribution in [0.15, 0.2) is 30.5 Å². The Bertz CT molecular complexity index is 578. The Kier molecular flexibility index (Phi) is 3.79. The molecule has 2 rings (SSSR count). The number of nitrogens with zero attached hydrogens (tertiary/aromatic N) is 2. The molecule has 0 aliphatic heterocycles. The molecule has 5 nitrogen and oxygen atoms in total. The Morgan fingerprint density at radius 2 is 2.11 bits per heavy atom. The van der Waals surface area contributed by atoms with Crippen LogP contribution >= 0.6 is 0 Å². The van der Waals surface area contributed by atoms with Crippen LogP contribution < -0.4 is 4.74 Å². The van der Waals surface area contributed by atoms with Crippen molar-refractivity contribution in [2.24, 2.45) is 0 Å². The first-order valence-corrected chi connectivity index (χ1v) is 5.65. The van der Waals surface area contributed by atoms with E-state index in [1.54, 1.807) is 16.8 Å². The van der Waals surface area contributed by atoms with Gasteiger partial charge in [0.1, 0.15) is 5.82 Å². The van der Waals surface area contributed by atoms with Crippen molar-refractivity contribution in [1.29, 1.82) is 0 Å². The first kappa shape index (κ1) is 13.1. The molecular formula is C13H13FN2O3. The minimum atomic E-state index is -0.945. The number of carboxylic acid groups (broad SMARTS) is 1. The minimum Gasteiger partial charge on any atom is -0.481 e.